The van der Waals surface area contributed by atoms with Gasteiger partial charge in [-0.1, -0.05) is 35.9 Å². The van der Waals surface area contributed by atoms with Crippen LogP contribution in [0, 0.1) is 11.3 Å². The lowest BCUT2D eigenvalue weighted by molar-refractivity contribution is -0.122. The van der Waals surface area contributed by atoms with E-state index in [4.69, 9.17) is 16.9 Å². The highest BCUT2D eigenvalue weighted by Gasteiger charge is 2.44. The summed E-state index contributed by atoms with van der Waals surface area (Å²) in [5, 5.41) is 11.2. The Hall–Kier alpha value is -3.47. The number of nitriles is 1. The third-order valence-corrected chi connectivity index (χ3v) is 6.27. The molecular weight excluding hydrogens is 434 g/mol. The molecular formula is C23H16ClN3O3S. The highest BCUT2D eigenvalue weighted by Crippen LogP contribution is 2.29. The van der Waals surface area contributed by atoms with Gasteiger partial charge in [-0.25, -0.2) is 4.90 Å². The summed E-state index contributed by atoms with van der Waals surface area (Å²) in [6.07, 6.45) is -0.125. The fraction of sp³-hybridized carbons (Fsp3) is 0.130. The van der Waals surface area contributed by atoms with Gasteiger partial charge in [-0.05, 0) is 47.3 Å². The lowest BCUT2D eigenvalue weighted by Crippen LogP contribution is -2.45. The van der Waals surface area contributed by atoms with Crippen molar-refractivity contribution in [2.24, 2.45) is 0 Å². The Labute approximate surface area is 187 Å². The average Bonchev–Trinajstić information content (AvgIpc) is 3.41. The van der Waals surface area contributed by atoms with Crippen LogP contribution in [-0.4, -0.2) is 28.7 Å². The summed E-state index contributed by atoms with van der Waals surface area (Å²) in [4.78, 5) is 42.3. The summed E-state index contributed by atoms with van der Waals surface area (Å²) in [5.74, 6) is -1.21. The Morgan fingerprint density at radius 3 is 2.52 bits per heavy atom. The fourth-order valence-corrected chi connectivity index (χ4v) is 4.37. The van der Waals surface area contributed by atoms with Crippen molar-refractivity contribution in [3.05, 3.63) is 87.1 Å². The minimum Gasteiger partial charge on any atom is -0.321 e. The van der Waals surface area contributed by atoms with Gasteiger partial charge in [0.05, 0.1) is 28.6 Å². The predicted octanol–water partition coefficient (Wildman–Crippen LogP) is 4.25. The maximum absolute atomic E-state index is 13.3. The summed E-state index contributed by atoms with van der Waals surface area (Å²) in [7, 11) is 0. The SMILES string of the molecule is N#Cc1ccc(N2C(=O)CC(N(Cc3ccccc3Cl)C(=O)c3cccs3)C2=O)cc1. The van der Waals surface area contributed by atoms with E-state index < -0.39 is 17.9 Å². The largest absolute Gasteiger partial charge is 0.321 e. The predicted molar refractivity (Wildman–Crippen MR) is 118 cm³/mol. The first-order valence-corrected chi connectivity index (χ1v) is 10.7. The molecule has 1 aliphatic rings. The molecule has 0 spiro atoms. The van der Waals surface area contributed by atoms with Gasteiger partial charge in [0.25, 0.3) is 11.8 Å². The zero-order valence-corrected chi connectivity index (χ0v) is 17.8. The van der Waals surface area contributed by atoms with E-state index in [1.807, 2.05) is 6.07 Å². The van der Waals surface area contributed by atoms with Gasteiger partial charge in [0, 0.05) is 11.6 Å². The van der Waals surface area contributed by atoms with E-state index in [9.17, 15) is 14.4 Å². The van der Waals surface area contributed by atoms with Crippen LogP contribution >= 0.6 is 22.9 Å². The van der Waals surface area contributed by atoms with Gasteiger partial charge in [0.1, 0.15) is 6.04 Å². The standard InChI is InChI=1S/C23H16ClN3O3S/c24-18-5-2-1-4-16(18)14-26(23(30)20-6-3-11-31-20)19-12-21(28)27(22(19)29)17-9-7-15(13-25)8-10-17/h1-11,19H,12,14H2. The van der Waals surface area contributed by atoms with E-state index in [1.165, 1.54) is 16.2 Å². The molecule has 2 aromatic carbocycles. The normalized spacial score (nSPS) is 15.7. The van der Waals surface area contributed by atoms with Crippen LogP contribution in [-0.2, 0) is 16.1 Å². The fourth-order valence-electron chi connectivity index (χ4n) is 3.49. The topological polar surface area (TPSA) is 81.5 Å². The van der Waals surface area contributed by atoms with E-state index in [-0.39, 0.29) is 18.9 Å². The van der Waals surface area contributed by atoms with Crippen LogP contribution < -0.4 is 4.90 Å². The first-order chi connectivity index (χ1) is 15.0. The number of amides is 3. The van der Waals surface area contributed by atoms with E-state index in [2.05, 4.69) is 0 Å². The van der Waals surface area contributed by atoms with Crippen molar-refractivity contribution in [1.29, 1.82) is 5.26 Å². The molecule has 0 N–H and O–H groups in total. The molecule has 3 amide bonds. The number of imide groups is 1. The van der Waals surface area contributed by atoms with Crippen molar-refractivity contribution >= 4 is 46.3 Å². The number of rotatable bonds is 5. The van der Waals surface area contributed by atoms with Gasteiger partial charge in [0.15, 0.2) is 0 Å². The van der Waals surface area contributed by atoms with E-state index in [1.54, 1.807) is 66.0 Å². The number of carbonyl (C=O) groups excluding carboxylic acids is 3. The minimum absolute atomic E-state index is 0.0985. The third-order valence-electron chi connectivity index (χ3n) is 5.04. The molecule has 1 atom stereocenters. The summed E-state index contributed by atoms with van der Waals surface area (Å²) in [5.41, 5.74) is 1.48. The Kier molecular flexibility index (Phi) is 5.85. The Bertz CT molecular complexity index is 1190. The molecule has 0 radical (unpaired) electrons. The highest BCUT2D eigenvalue weighted by atomic mass is 35.5. The van der Waals surface area contributed by atoms with Crippen molar-refractivity contribution < 1.29 is 14.4 Å². The van der Waals surface area contributed by atoms with Crippen molar-refractivity contribution in [3.8, 4) is 6.07 Å². The first kappa shape index (κ1) is 20.8. The van der Waals surface area contributed by atoms with Crippen LogP contribution in [0.15, 0.2) is 66.0 Å². The molecule has 6 nitrogen and oxygen atoms in total. The summed E-state index contributed by atoms with van der Waals surface area (Å²) in [6.45, 7) is 0.0985. The van der Waals surface area contributed by atoms with Gasteiger partial charge in [-0.2, -0.15) is 5.26 Å². The number of hydrogen-bond donors (Lipinski definition) is 0. The molecule has 0 aliphatic carbocycles. The molecule has 2 heterocycles. The number of anilines is 1. The van der Waals surface area contributed by atoms with Gasteiger partial charge in [-0.3, -0.25) is 14.4 Å². The van der Waals surface area contributed by atoms with Gasteiger partial charge in [0.2, 0.25) is 5.91 Å². The Morgan fingerprint density at radius 1 is 1.13 bits per heavy atom. The molecule has 3 aromatic rings. The molecule has 8 heteroatoms. The molecule has 1 unspecified atom stereocenters. The Morgan fingerprint density at radius 2 is 1.87 bits per heavy atom. The number of benzene rings is 2. The lowest BCUT2D eigenvalue weighted by atomic mass is 10.1. The van der Waals surface area contributed by atoms with Crippen LogP contribution in [0.25, 0.3) is 0 Å². The third kappa shape index (κ3) is 4.08. The molecule has 1 aliphatic heterocycles. The molecule has 4 rings (SSSR count). The van der Waals surface area contributed by atoms with Gasteiger partial charge in [-0.15, -0.1) is 11.3 Å². The maximum atomic E-state index is 13.3. The van der Waals surface area contributed by atoms with Crippen LogP contribution in [0.1, 0.15) is 27.2 Å². The lowest BCUT2D eigenvalue weighted by Gasteiger charge is -2.27. The number of nitrogens with zero attached hydrogens (tertiary/aromatic N) is 3. The van der Waals surface area contributed by atoms with Crippen LogP contribution in [0.4, 0.5) is 5.69 Å². The molecule has 31 heavy (non-hydrogen) atoms. The first-order valence-electron chi connectivity index (χ1n) is 9.44. The van der Waals surface area contributed by atoms with Gasteiger partial charge >= 0.3 is 0 Å². The second-order valence-electron chi connectivity index (χ2n) is 6.95. The van der Waals surface area contributed by atoms with Crippen molar-refractivity contribution in [2.45, 2.75) is 19.0 Å². The minimum atomic E-state index is -0.950. The molecule has 0 saturated carbocycles. The summed E-state index contributed by atoms with van der Waals surface area (Å²) in [6, 6.07) is 17.8. The van der Waals surface area contributed by atoms with E-state index in [0.29, 0.717) is 26.7 Å². The number of halogens is 1. The van der Waals surface area contributed by atoms with Crippen molar-refractivity contribution in [1.82, 2.24) is 4.90 Å². The molecule has 1 fully saturated rings. The monoisotopic (exact) mass is 449 g/mol. The number of carbonyl (C=O) groups is 3. The van der Waals surface area contributed by atoms with Gasteiger partial charge < -0.3 is 4.90 Å². The van der Waals surface area contributed by atoms with Crippen LogP contribution in [0.2, 0.25) is 5.02 Å². The highest BCUT2D eigenvalue weighted by molar-refractivity contribution is 7.12. The van der Waals surface area contributed by atoms with E-state index in [0.717, 1.165) is 4.90 Å². The summed E-state index contributed by atoms with van der Waals surface area (Å²) >= 11 is 7.57. The second kappa shape index (κ2) is 8.72. The quantitative estimate of drug-likeness (QED) is 0.545. The second-order valence-corrected chi connectivity index (χ2v) is 8.30. The van der Waals surface area contributed by atoms with Crippen molar-refractivity contribution in [2.75, 3.05) is 4.90 Å². The molecule has 0 bridgehead atoms. The van der Waals surface area contributed by atoms with Crippen molar-refractivity contribution in [3.63, 3.8) is 0 Å². The average molecular weight is 450 g/mol. The molecule has 154 valence electrons. The smallest absolute Gasteiger partial charge is 0.264 e. The van der Waals surface area contributed by atoms with E-state index >= 15 is 0 Å². The number of thiophene rings is 1. The zero-order valence-electron chi connectivity index (χ0n) is 16.2. The Balaban J connectivity index is 1.68. The zero-order chi connectivity index (χ0) is 22.0. The van der Waals surface area contributed by atoms with Crippen LogP contribution in [0.5, 0.6) is 0 Å². The molecule has 1 aromatic heterocycles. The molecule has 1 saturated heterocycles. The number of hydrogen-bond acceptors (Lipinski definition) is 5. The summed E-state index contributed by atoms with van der Waals surface area (Å²) < 4.78 is 0. The van der Waals surface area contributed by atoms with Crippen LogP contribution in [0.3, 0.4) is 0 Å². The maximum Gasteiger partial charge on any atom is 0.264 e.